The Morgan fingerprint density at radius 3 is 2.52 bits per heavy atom. The highest BCUT2D eigenvalue weighted by Crippen LogP contribution is 2.28. The zero-order valence-electron chi connectivity index (χ0n) is 19.5. The predicted molar refractivity (Wildman–Crippen MR) is 129 cm³/mol. The van der Waals surface area contributed by atoms with Crippen LogP contribution in [0.4, 0.5) is 0 Å². The molecule has 0 heterocycles. The van der Waals surface area contributed by atoms with E-state index in [4.69, 9.17) is 0 Å². The zero-order valence-corrected chi connectivity index (χ0v) is 19.5. The first kappa shape index (κ1) is 23.3. The van der Waals surface area contributed by atoms with Crippen molar-refractivity contribution in [3.05, 3.63) is 82.2 Å². The van der Waals surface area contributed by atoms with Crippen LogP contribution in [0.3, 0.4) is 0 Å². The van der Waals surface area contributed by atoms with Gasteiger partial charge in [0.1, 0.15) is 0 Å². The fraction of sp³-hybridized carbons (Fsp3) is 0.500. The lowest BCUT2D eigenvalue weighted by atomic mass is 9.88. The molecule has 1 aliphatic carbocycles. The number of rotatable bonds is 11. The van der Waals surface area contributed by atoms with E-state index in [-0.39, 0.29) is 0 Å². The second-order valence-electron chi connectivity index (χ2n) is 9.02. The molecule has 1 aromatic carbocycles. The van der Waals surface area contributed by atoms with E-state index >= 15 is 0 Å². The van der Waals surface area contributed by atoms with Gasteiger partial charge in [-0.3, -0.25) is 0 Å². The summed E-state index contributed by atoms with van der Waals surface area (Å²) in [5.41, 5.74) is 10.7. The highest BCUT2D eigenvalue weighted by Gasteiger charge is 2.18. The van der Waals surface area contributed by atoms with Crippen molar-refractivity contribution in [2.24, 2.45) is 5.92 Å². The van der Waals surface area contributed by atoms with Gasteiger partial charge in [0.05, 0.1) is 0 Å². The standard InChI is InChI=1S/C28H41N/c1-8-9-10-14-27(24(7)29-28-21(4)12-11-13-22(28)5)19-25-15-16-26(17-20(2)3)23(6)18-25/h12,15-16,18,27,29H,2,7-11,13-14,17,19H2,1,3-6H3. The Kier molecular flexibility index (Phi) is 9.01. The fourth-order valence-corrected chi connectivity index (χ4v) is 4.27. The average Bonchev–Trinajstić information content (AvgIpc) is 2.66. The van der Waals surface area contributed by atoms with Crippen LogP contribution in [0.5, 0.6) is 0 Å². The topological polar surface area (TPSA) is 12.0 Å². The molecule has 1 N–H and O–H groups in total. The van der Waals surface area contributed by atoms with Crippen molar-refractivity contribution in [3.8, 4) is 0 Å². The monoisotopic (exact) mass is 391 g/mol. The summed E-state index contributed by atoms with van der Waals surface area (Å²) in [7, 11) is 0. The van der Waals surface area contributed by atoms with E-state index in [0.29, 0.717) is 5.92 Å². The molecule has 1 heteroatoms. The molecule has 0 radical (unpaired) electrons. The third kappa shape index (κ3) is 7.07. The van der Waals surface area contributed by atoms with Crippen LogP contribution >= 0.6 is 0 Å². The molecule has 158 valence electrons. The molecule has 0 aromatic heterocycles. The summed E-state index contributed by atoms with van der Waals surface area (Å²) in [6, 6.07) is 6.97. The van der Waals surface area contributed by atoms with Gasteiger partial charge >= 0.3 is 0 Å². The van der Waals surface area contributed by atoms with E-state index in [1.165, 1.54) is 70.5 Å². The summed E-state index contributed by atoms with van der Waals surface area (Å²) in [4.78, 5) is 0. The maximum atomic E-state index is 4.49. The summed E-state index contributed by atoms with van der Waals surface area (Å²) in [5.74, 6) is 0.461. The van der Waals surface area contributed by atoms with Crippen molar-refractivity contribution in [1.82, 2.24) is 5.32 Å². The Morgan fingerprint density at radius 2 is 1.90 bits per heavy atom. The predicted octanol–water partition coefficient (Wildman–Crippen LogP) is 7.97. The molecule has 29 heavy (non-hydrogen) atoms. The molecule has 0 saturated carbocycles. The lowest BCUT2D eigenvalue weighted by Crippen LogP contribution is -2.23. The molecule has 0 aliphatic heterocycles. The first-order chi connectivity index (χ1) is 13.8. The summed E-state index contributed by atoms with van der Waals surface area (Å²) >= 11 is 0. The molecule has 1 aliphatic rings. The first-order valence-corrected chi connectivity index (χ1v) is 11.4. The van der Waals surface area contributed by atoms with Crippen molar-refractivity contribution in [1.29, 1.82) is 0 Å². The Morgan fingerprint density at radius 1 is 1.14 bits per heavy atom. The van der Waals surface area contributed by atoms with Crippen LogP contribution in [0.2, 0.25) is 0 Å². The fourth-order valence-electron chi connectivity index (χ4n) is 4.27. The van der Waals surface area contributed by atoms with Crippen molar-refractivity contribution in [3.63, 3.8) is 0 Å². The maximum Gasteiger partial charge on any atom is 0.0397 e. The van der Waals surface area contributed by atoms with Gasteiger partial charge in [0.2, 0.25) is 0 Å². The smallest absolute Gasteiger partial charge is 0.0397 e. The van der Waals surface area contributed by atoms with Gasteiger partial charge in [0.25, 0.3) is 0 Å². The van der Waals surface area contributed by atoms with Crippen molar-refractivity contribution < 1.29 is 0 Å². The van der Waals surface area contributed by atoms with E-state index in [1.807, 2.05) is 0 Å². The van der Waals surface area contributed by atoms with Gasteiger partial charge in [0.15, 0.2) is 0 Å². The highest BCUT2D eigenvalue weighted by molar-refractivity contribution is 5.38. The van der Waals surface area contributed by atoms with Crippen molar-refractivity contribution in [2.45, 2.75) is 86.0 Å². The van der Waals surface area contributed by atoms with Crippen LogP contribution < -0.4 is 5.32 Å². The van der Waals surface area contributed by atoms with E-state index in [9.17, 15) is 0 Å². The molecule has 1 aromatic rings. The molecule has 0 bridgehead atoms. The quantitative estimate of drug-likeness (QED) is 0.298. The minimum atomic E-state index is 0.461. The van der Waals surface area contributed by atoms with E-state index < -0.39 is 0 Å². The third-order valence-corrected chi connectivity index (χ3v) is 6.11. The van der Waals surface area contributed by atoms with Gasteiger partial charge in [-0.2, -0.15) is 0 Å². The number of nitrogens with one attached hydrogen (secondary N) is 1. The molecule has 0 saturated heterocycles. The summed E-state index contributed by atoms with van der Waals surface area (Å²) in [6.07, 6.45) is 11.7. The first-order valence-electron chi connectivity index (χ1n) is 11.4. The van der Waals surface area contributed by atoms with Gasteiger partial charge in [-0.05, 0) is 87.6 Å². The van der Waals surface area contributed by atoms with Gasteiger partial charge in [-0.15, -0.1) is 0 Å². The Hall–Kier alpha value is -2.02. The largest absolute Gasteiger partial charge is 0.359 e. The van der Waals surface area contributed by atoms with E-state index in [2.05, 4.69) is 77.4 Å². The Labute approximate surface area is 179 Å². The summed E-state index contributed by atoms with van der Waals surface area (Å²) in [6.45, 7) is 19.6. The van der Waals surface area contributed by atoms with Crippen molar-refractivity contribution >= 4 is 0 Å². The second kappa shape index (κ2) is 11.2. The molecular formula is C28H41N. The third-order valence-electron chi connectivity index (χ3n) is 6.11. The van der Waals surface area contributed by atoms with Gasteiger partial charge in [-0.25, -0.2) is 0 Å². The Bertz CT molecular complexity index is 791. The number of hydrogen-bond acceptors (Lipinski definition) is 1. The van der Waals surface area contributed by atoms with E-state index in [0.717, 1.165) is 25.7 Å². The Balaban J connectivity index is 2.15. The van der Waals surface area contributed by atoms with Crippen molar-refractivity contribution in [2.75, 3.05) is 0 Å². The van der Waals surface area contributed by atoms with Gasteiger partial charge < -0.3 is 5.32 Å². The number of allylic oxidation sites excluding steroid dienone is 5. The van der Waals surface area contributed by atoms with Gasteiger partial charge in [-0.1, -0.05) is 69.2 Å². The molecule has 1 atom stereocenters. The summed E-state index contributed by atoms with van der Waals surface area (Å²) < 4.78 is 0. The zero-order chi connectivity index (χ0) is 21.4. The minimum Gasteiger partial charge on any atom is -0.359 e. The highest BCUT2D eigenvalue weighted by atomic mass is 14.9. The van der Waals surface area contributed by atoms with Crippen LogP contribution in [0.25, 0.3) is 0 Å². The number of unbranched alkanes of at least 4 members (excludes halogenated alkanes) is 2. The molecule has 0 spiro atoms. The van der Waals surface area contributed by atoms with Crippen LogP contribution in [0.15, 0.2) is 65.5 Å². The maximum absolute atomic E-state index is 4.49. The number of hydrogen-bond donors (Lipinski definition) is 1. The van der Waals surface area contributed by atoms with Gasteiger partial charge in [0, 0.05) is 17.3 Å². The average molecular weight is 392 g/mol. The lowest BCUT2D eigenvalue weighted by Gasteiger charge is -2.26. The minimum absolute atomic E-state index is 0.461. The molecule has 0 fully saturated rings. The number of benzene rings is 1. The lowest BCUT2D eigenvalue weighted by molar-refractivity contribution is 0.496. The normalized spacial score (nSPS) is 15.1. The number of aryl methyl sites for hydroxylation is 1. The van der Waals surface area contributed by atoms with Crippen LogP contribution in [-0.2, 0) is 12.8 Å². The molecule has 0 amide bonds. The molecule has 2 rings (SSSR count). The van der Waals surface area contributed by atoms with E-state index in [1.54, 1.807) is 0 Å². The van der Waals surface area contributed by atoms with Crippen LogP contribution in [0, 0.1) is 12.8 Å². The SMILES string of the molecule is C=C(C)Cc1ccc(CC(CCCCC)C(=C)NC2=C(C)CCC=C2C)cc1C. The second-order valence-corrected chi connectivity index (χ2v) is 9.02. The van der Waals surface area contributed by atoms with Crippen LogP contribution in [0.1, 0.15) is 82.9 Å². The summed E-state index contributed by atoms with van der Waals surface area (Å²) in [5, 5.41) is 3.72. The molecular weight excluding hydrogens is 350 g/mol. The molecule has 1 nitrogen and oxygen atoms in total. The molecule has 1 unspecified atom stereocenters. The van der Waals surface area contributed by atoms with Crippen LogP contribution in [-0.4, -0.2) is 0 Å².